The summed E-state index contributed by atoms with van der Waals surface area (Å²) in [6.45, 7) is 1.54. The van der Waals surface area contributed by atoms with Gasteiger partial charge in [0.05, 0.1) is 13.8 Å². The van der Waals surface area contributed by atoms with Crippen molar-refractivity contribution in [2.45, 2.75) is 32.1 Å². The largest absolute Gasteiger partial charge is 0.497 e. The highest BCUT2D eigenvalue weighted by Crippen LogP contribution is 2.34. The topological polar surface area (TPSA) is 35.2 Å². The summed E-state index contributed by atoms with van der Waals surface area (Å²) < 4.78 is 10.1. The van der Waals surface area contributed by atoms with Crippen LogP contribution in [0.3, 0.4) is 0 Å². The van der Waals surface area contributed by atoms with Crippen molar-refractivity contribution in [1.82, 2.24) is 19.2 Å². The SMILES string of the molecule is COc1ccc2cc(CN(C)Cn3ncn(C4CC4)c3=S)ccc2c1. The van der Waals surface area contributed by atoms with E-state index in [1.54, 1.807) is 7.11 Å². The second-order valence-corrected chi connectivity index (χ2v) is 7.12. The predicted octanol–water partition coefficient (Wildman–Crippen LogP) is 4.00. The Hall–Kier alpha value is -2.18. The van der Waals surface area contributed by atoms with Gasteiger partial charge >= 0.3 is 0 Å². The van der Waals surface area contributed by atoms with Gasteiger partial charge in [0.25, 0.3) is 0 Å². The molecule has 1 fully saturated rings. The first-order chi connectivity index (χ1) is 12.1. The van der Waals surface area contributed by atoms with E-state index in [1.165, 1.54) is 29.2 Å². The predicted molar refractivity (Wildman–Crippen MR) is 101 cm³/mol. The number of nitrogens with zero attached hydrogens (tertiary/aromatic N) is 4. The molecular weight excluding hydrogens is 332 g/mol. The molecule has 4 rings (SSSR count). The highest BCUT2D eigenvalue weighted by molar-refractivity contribution is 7.71. The molecule has 0 spiro atoms. The third-order valence-corrected chi connectivity index (χ3v) is 5.06. The van der Waals surface area contributed by atoms with Crippen LogP contribution >= 0.6 is 12.2 Å². The normalized spacial score (nSPS) is 14.4. The Labute approximate surface area is 152 Å². The van der Waals surface area contributed by atoms with Gasteiger partial charge in [0.15, 0.2) is 4.77 Å². The van der Waals surface area contributed by atoms with Crippen LogP contribution in [0.2, 0.25) is 0 Å². The number of aromatic nitrogens is 3. The number of fused-ring (bicyclic) bond motifs is 1. The van der Waals surface area contributed by atoms with Crippen molar-refractivity contribution in [1.29, 1.82) is 0 Å². The molecule has 5 nitrogen and oxygen atoms in total. The molecule has 6 heteroatoms. The standard InChI is InChI=1S/C19H22N4OS/c1-21(13-23-19(25)22(12-20-23)17-6-7-17)11-14-3-4-16-10-18(24-2)8-5-15(16)9-14/h3-5,8-10,12,17H,6-7,11,13H2,1-2H3. The van der Waals surface area contributed by atoms with Gasteiger partial charge in [-0.15, -0.1) is 0 Å². The molecule has 0 aliphatic heterocycles. The Kier molecular flexibility index (Phi) is 4.31. The number of methoxy groups -OCH3 is 1. The second kappa shape index (κ2) is 6.61. The van der Waals surface area contributed by atoms with E-state index < -0.39 is 0 Å². The molecule has 1 aromatic heterocycles. The Balaban J connectivity index is 1.47. The Morgan fingerprint density at radius 2 is 1.96 bits per heavy atom. The van der Waals surface area contributed by atoms with Crippen molar-refractivity contribution in [2.75, 3.05) is 14.2 Å². The zero-order valence-electron chi connectivity index (χ0n) is 14.6. The second-order valence-electron chi connectivity index (χ2n) is 6.75. The van der Waals surface area contributed by atoms with Crippen molar-refractivity contribution >= 4 is 23.0 Å². The van der Waals surface area contributed by atoms with Gasteiger partial charge in [-0.25, -0.2) is 4.68 Å². The number of benzene rings is 2. The summed E-state index contributed by atoms with van der Waals surface area (Å²) in [4.78, 5) is 2.23. The van der Waals surface area contributed by atoms with E-state index in [9.17, 15) is 0 Å². The molecule has 1 aliphatic rings. The third kappa shape index (κ3) is 3.45. The quantitative estimate of drug-likeness (QED) is 0.627. The maximum atomic E-state index is 5.54. The lowest BCUT2D eigenvalue weighted by Gasteiger charge is -2.17. The molecule has 1 heterocycles. The van der Waals surface area contributed by atoms with Crippen LogP contribution in [0.15, 0.2) is 42.7 Å². The summed E-state index contributed by atoms with van der Waals surface area (Å²) in [7, 11) is 3.79. The lowest BCUT2D eigenvalue weighted by molar-refractivity contribution is 0.243. The first-order valence-electron chi connectivity index (χ1n) is 8.53. The minimum atomic E-state index is 0.573. The Bertz CT molecular complexity index is 957. The minimum Gasteiger partial charge on any atom is -0.497 e. The summed E-state index contributed by atoms with van der Waals surface area (Å²) in [5.74, 6) is 0.887. The van der Waals surface area contributed by atoms with Gasteiger partial charge in [-0.1, -0.05) is 18.2 Å². The van der Waals surface area contributed by atoms with Crippen LogP contribution in [0.25, 0.3) is 10.8 Å². The maximum absolute atomic E-state index is 5.54. The molecule has 3 aromatic rings. The highest BCUT2D eigenvalue weighted by atomic mass is 32.1. The van der Waals surface area contributed by atoms with Gasteiger partial charge in [0, 0.05) is 12.6 Å². The molecule has 0 amide bonds. The summed E-state index contributed by atoms with van der Waals surface area (Å²) in [5.41, 5.74) is 1.27. The number of ether oxygens (including phenoxy) is 1. The summed E-state index contributed by atoms with van der Waals surface area (Å²) >= 11 is 5.54. The van der Waals surface area contributed by atoms with Crippen LogP contribution in [-0.2, 0) is 13.2 Å². The molecular formula is C19H22N4OS. The number of rotatable bonds is 6. The zero-order chi connectivity index (χ0) is 17.4. The molecule has 0 atom stereocenters. The van der Waals surface area contributed by atoms with E-state index in [1.807, 2.05) is 17.1 Å². The number of hydrogen-bond donors (Lipinski definition) is 0. The smallest absolute Gasteiger partial charge is 0.199 e. The summed E-state index contributed by atoms with van der Waals surface area (Å²) in [6, 6.07) is 13.3. The van der Waals surface area contributed by atoms with Gasteiger partial charge in [-0.05, 0) is 66.6 Å². The van der Waals surface area contributed by atoms with Crippen LogP contribution in [0.5, 0.6) is 5.75 Å². The third-order valence-electron chi connectivity index (χ3n) is 4.64. The zero-order valence-corrected chi connectivity index (χ0v) is 15.4. The maximum Gasteiger partial charge on any atom is 0.199 e. The van der Waals surface area contributed by atoms with Crippen molar-refractivity contribution in [3.8, 4) is 5.75 Å². The van der Waals surface area contributed by atoms with Crippen molar-refractivity contribution in [2.24, 2.45) is 0 Å². The van der Waals surface area contributed by atoms with Gasteiger partial charge in [0.2, 0.25) is 0 Å². The monoisotopic (exact) mass is 354 g/mol. The highest BCUT2D eigenvalue weighted by Gasteiger charge is 2.25. The van der Waals surface area contributed by atoms with Crippen molar-refractivity contribution in [3.05, 3.63) is 53.1 Å². The van der Waals surface area contributed by atoms with E-state index in [-0.39, 0.29) is 0 Å². The first kappa shape index (κ1) is 16.3. The lowest BCUT2D eigenvalue weighted by atomic mass is 10.1. The van der Waals surface area contributed by atoms with E-state index in [4.69, 9.17) is 17.0 Å². The van der Waals surface area contributed by atoms with Crippen molar-refractivity contribution in [3.63, 3.8) is 0 Å². The van der Waals surface area contributed by atoms with E-state index in [2.05, 4.69) is 51.9 Å². The van der Waals surface area contributed by atoms with Gasteiger partial charge < -0.3 is 9.30 Å². The van der Waals surface area contributed by atoms with E-state index in [0.29, 0.717) is 12.7 Å². The lowest BCUT2D eigenvalue weighted by Crippen LogP contribution is -2.22. The molecule has 0 bridgehead atoms. The number of hydrogen-bond acceptors (Lipinski definition) is 4. The molecule has 0 unspecified atom stereocenters. The van der Waals surface area contributed by atoms with E-state index in [0.717, 1.165) is 17.1 Å². The molecule has 0 N–H and O–H groups in total. The fourth-order valence-electron chi connectivity index (χ4n) is 3.14. The Morgan fingerprint density at radius 1 is 1.20 bits per heavy atom. The van der Waals surface area contributed by atoms with Crippen molar-refractivity contribution < 1.29 is 4.74 Å². The molecule has 130 valence electrons. The van der Waals surface area contributed by atoms with Crippen LogP contribution < -0.4 is 4.74 Å². The molecule has 0 radical (unpaired) electrons. The average Bonchev–Trinajstić information content (AvgIpc) is 3.39. The van der Waals surface area contributed by atoms with Crippen LogP contribution in [0.1, 0.15) is 24.4 Å². The van der Waals surface area contributed by atoms with Gasteiger partial charge in [0.1, 0.15) is 12.1 Å². The van der Waals surface area contributed by atoms with Gasteiger partial charge in [-0.2, -0.15) is 5.10 Å². The molecule has 1 saturated carbocycles. The first-order valence-corrected chi connectivity index (χ1v) is 8.94. The molecule has 2 aromatic carbocycles. The van der Waals surface area contributed by atoms with E-state index >= 15 is 0 Å². The van der Waals surface area contributed by atoms with Crippen LogP contribution in [-0.4, -0.2) is 33.4 Å². The molecule has 1 aliphatic carbocycles. The van der Waals surface area contributed by atoms with Crippen LogP contribution in [0.4, 0.5) is 0 Å². The fourth-order valence-corrected chi connectivity index (χ4v) is 3.44. The summed E-state index contributed by atoms with van der Waals surface area (Å²) in [5, 5.41) is 6.86. The van der Waals surface area contributed by atoms with Crippen LogP contribution in [0, 0.1) is 4.77 Å². The minimum absolute atomic E-state index is 0.573. The van der Waals surface area contributed by atoms with Gasteiger partial charge in [-0.3, -0.25) is 4.90 Å². The summed E-state index contributed by atoms with van der Waals surface area (Å²) in [6.07, 6.45) is 4.31. The fraction of sp³-hybridized carbons (Fsp3) is 0.368. The Morgan fingerprint density at radius 3 is 2.72 bits per heavy atom. The average molecular weight is 354 g/mol. The molecule has 25 heavy (non-hydrogen) atoms. The molecule has 0 saturated heterocycles.